The van der Waals surface area contributed by atoms with Crippen molar-refractivity contribution < 1.29 is 19.1 Å². The molecule has 0 aromatic carbocycles. The van der Waals surface area contributed by atoms with Crippen molar-refractivity contribution in [2.75, 3.05) is 13.2 Å². The van der Waals surface area contributed by atoms with Gasteiger partial charge in [-0.25, -0.2) is 0 Å². The SMILES string of the molecule is CCCCCCCCCCCCCCCCCCCOC(=O)CCC(=O)OCCC(C)CC. The van der Waals surface area contributed by atoms with Gasteiger partial charge in [0.1, 0.15) is 0 Å². The third kappa shape index (κ3) is 25.4. The summed E-state index contributed by atoms with van der Waals surface area (Å²) in [7, 11) is 0. The van der Waals surface area contributed by atoms with Crippen LogP contribution < -0.4 is 0 Å². The molecule has 0 saturated heterocycles. The molecule has 0 aliphatic heterocycles. The van der Waals surface area contributed by atoms with E-state index >= 15 is 0 Å². The predicted octanol–water partition coefficient (Wildman–Crippen LogP) is 8.94. The van der Waals surface area contributed by atoms with Gasteiger partial charge in [0, 0.05) is 0 Å². The van der Waals surface area contributed by atoms with Gasteiger partial charge in [0.25, 0.3) is 0 Å². The van der Waals surface area contributed by atoms with Crippen molar-refractivity contribution >= 4 is 11.9 Å². The molecule has 196 valence electrons. The smallest absolute Gasteiger partial charge is 0.306 e. The summed E-state index contributed by atoms with van der Waals surface area (Å²) in [4.78, 5) is 23.3. The molecule has 33 heavy (non-hydrogen) atoms. The van der Waals surface area contributed by atoms with E-state index in [1.807, 2.05) is 0 Å². The second kappa shape index (κ2) is 25.6. The molecule has 0 spiro atoms. The van der Waals surface area contributed by atoms with Crippen LogP contribution in [0.3, 0.4) is 0 Å². The second-order valence-corrected chi connectivity index (χ2v) is 9.90. The Kier molecular flexibility index (Phi) is 24.7. The summed E-state index contributed by atoms with van der Waals surface area (Å²) in [5, 5.41) is 0. The molecule has 0 heterocycles. The van der Waals surface area contributed by atoms with Crippen molar-refractivity contribution in [3.8, 4) is 0 Å². The van der Waals surface area contributed by atoms with Crippen molar-refractivity contribution in [1.29, 1.82) is 0 Å². The van der Waals surface area contributed by atoms with Crippen molar-refractivity contribution in [2.45, 2.75) is 156 Å². The van der Waals surface area contributed by atoms with E-state index in [1.165, 1.54) is 96.3 Å². The van der Waals surface area contributed by atoms with E-state index in [0.29, 0.717) is 19.1 Å². The highest BCUT2D eigenvalue weighted by molar-refractivity contribution is 5.77. The van der Waals surface area contributed by atoms with Crippen LogP contribution in [0.4, 0.5) is 0 Å². The van der Waals surface area contributed by atoms with E-state index in [0.717, 1.165) is 25.7 Å². The molecule has 0 radical (unpaired) electrons. The van der Waals surface area contributed by atoms with Crippen molar-refractivity contribution in [1.82, 2.24) is 0 Å². The quantitative estimate of drug-likeness (QED) is 0.0991. The molecule has 1 atom stereocenters. The number of rotatable bonds is 25. The van der Waals surface area contributed by atoms with Gasteiger partial charge in [0.15, 0.2) is 0 Å². The van der Waals surface area contributed by atoms with Crippen molar-refractivity contribution in [3.63, 3.8) is 0 Å². The highest BCUT2D eigenvalue weighted by Gasteiger charge is 2.09. The monoisotopic (exact) mass is 468 g/mol. The summed E-state index contributed by atoms with van der Waals surface area (Å²) in [5.74, 6) is -0.0225. The van der Waals surface area contributed by atoms with Gasteiger partial charge in [-0.1, -0.05) is 130 Å². The summed E-state index contributed by atoms with van der Waals surface area (Å²) in [6, 6.07) is 0. The number of esters is 2. The molecular formula is C29H56O4. The van der Waals surface area contributed by atoms with Crippen LogP contribution in [0.2, 0.25) is 0 Å². The Bertz CT molecular complexity index is 435. The molecule has 4 nitrogen and oxygen atoms in total. The number of carbonyl (C=O) groups excluding carboxylic acids is 2. The van der Waals surface area contributed by atoms with E-state index < -0.39 is 0 Å². The zero-order valence-corrected chi connectivity index (χ0v) is 22.5. The molecule has 1 unspecified atom stereocenters. The first-order valence-electron chi connectivity index (χ1n) is 14.4. The average Bonchev–Trinajstić information content (AvgIpc) is 2.81. The first-order valence-corrected chi connectivity index (χ1v) is 14.4. The molecule has 0 saturated carbocycles. The standard InChI is InChI=1S/C29H56O4/c1-4-6-7-8-9-10-11-12-13-14-15-16-17-18-19-20-21-25-32-28(30)22-23-29(31)33-26-24-27(3)5-2/h27H,4-26H2,1-3H3. The summed E-state index contributed by atoms with van der Waals surface area (Å²) in [6.45, 7) is 7.47. The van der Waals surface area contributed by atoms with Gasteiger partial charge in [-0.2, -0.15) is 0 Å². The highest BCUT2D eigenvalue weighted by Crippen LogP contribution is 2.14. The molecule has 0 bridgehead atoms. The summed E-state index contributed by atoms with van der Waals surface area (Å²) >= 11 is 0. The van der Waals surface area contributed by atoms with Gasteiger partial charge in [-0.3, -0.25) is 9.59 Å². The molecule has 0 amide bonds. The van der Waals surface area contributed by atoms with Gasteiger partial charge in [-0.05, 0) is 18.8 Å². The Hall–Kier alpha value is -1.06. The van der Waals surface area contributed by atoms with Gasteiger partial charge < -0.3 is 9.47 Å². The molecular weight excluding hydrogens is 412 g/mol. The molecule has 0 aromatic rings. The Morgan fingerprint density at radius 2 is 0.909 bits per heavy atom. The molecule has 0 aliphatic rings. The summed E-state index contributed by atoms with van der Waals surface area (Å²) in [5.41, 5.74) is 0. The minimum atomic E-state index is -0.298. The first-order chi connectivity index (χ1) is 16.1. The molecule has 0 fully saturated rings. The van der Waals surface area contributed by atoms with Gasteiger partial charge in [-0.15, -0.1) is 0 Å². The molecule has 4 heteroatoms. The Labute approximate surface area is 206 Å². The van der Waals surface area contributed by atoms with Crippen LogP contribution >= 0.6 is 0 Å². The Morgan fingerprint density at radius 1 is 0.545 bits per heavy atom. The van der Waals surface area contributed by atoms with Crippen LogP contribution in [-0.2, 0) is 19.1 Å². The fraction of sp³-hybridized carbons (Fsp3) is 0.931. The third-order valence-electron chi connectivity index (χ3n) is 6.61. The minimum Gasteiger partial charge on any atom is -0.466 e. The topological polar surface area (TPSA) is 52.6 Å². The third-order valence-corrected chi connectivity index (χ3v) is 6.61. The Morgan fingerprint density at radius 3 is 1.30 bits per heavy atom. The lowest BCUT2D eigenvalue weighted by Crippen LogP contribution is -2.12. The lowest BCUT2D eigenvalue weighted by molar-refractivity contribution is -0.150. The maximum atomic E-state index is 11.7. The van der Waals surface area contributed by atoms with Crippen molar-refractivity contribution in [3.05, 3.63) is 0 Å². The average molecular weight is 469 g/mol. The van der Waals surface area contributed by atoms with Crippen LogP contribution in [0, 0.1) is 5.92 Å². The zero-order chi connectivity index (χ0) is 24.4. The van der Waals surface area contributed by atoms with Crippen molar-refractivity contribution in [2.24, 2.45) is 5.92 Å². The van der Waals surface area contributed by atoms with Crippen LogP contribution in [0.15, 0.2) is 0 Å². The highest BCUT2D eigenvalue weighted by atomic mass is 16.5. The largest absolute Gasteiger partial charge is 0.466 e. The summed E-state index contributed by atoms with van der Waals surface area (Å²) < 4.78 is 10.4. The van der Waals surface area contributed by atoms with Crippen LogP contribution in [0.25, 0.3) is 0 Å². The molecule has 0 aliphatic carbocycles. The zero-order valence-electron chi connectivity index (χ0n) is 22.5. The van der Waals surface area contributed by atoms with E-state index in [4.69, 9.17) is 9.47 Å². The number of hydrogen-bond acceptors (Lipinski definition) is 4. The van der Waals surface area contributed by atoms with E-state index in [-0.39, 0.29) is 24.8 Å². The van der Waals surface area contributed by atoms with Gasteiger partial charge in [0.2, 0.25) is 0 Å². The normalized spacial score (nSPS) is 12.0. The fourth-order valence-corrected chi connectivity index (χ4v) is 3.94. The number of ether oxygens (including phenoxy) is 2. The number of hydrogen-bond donors (Lipinski definition) is 0. The van der Waals surface area contributed by atoms with E-state index in [2.05, 4.69) is 20.8 Å². The number of carbonyl (C=O) groups is 2. The maximum Gasteiger partial charge on any atom is 0.306 e. The lowest BCUT2D eigenvalue weighted by atomic mass is 10.0. The van der Waals surface area contributed by atoms with Crippen LogP contribution in [0.5, 0.6) is 0 Å². The maximum absolute atomic E-state index is 11.7. The van der Waals surface area contributed by atoms with E-state index in [9.17, 15) is 9.59 Å². The second-order valence-electron chi connectivity index (χ2n) is 9.90. The minimum absolute atomic E-state index is 0.123. The van der Waals surface area contributed by atoms with Gasteiger partial charge >= 0.3 is 11.9 Å². The fourth-order valence-electron chi connectivity index (χ4n) is 3.94. The predicted molar refractivity (Wildman–Crippen MR) is 139 cm³/mol. The Balaban J connectivity index is 3.25. The summed E-state index contributed by atoms with van der Waals surface area (Å²) in [6.07, 6.45) is 25.0. The number of unbranched alkanes of at least 4 members (excludes halogenated alkanes) is 16. The van der Waals surface area contributed by atoms with Crippen LogP contribution in [0.1, 0.15) is 156 Å². The first kappa shape index (κ1) is 31.9. The molecule has 0 N–H and O–H groups in total. The van der Waals surface area contributed by atoms with E-state index in [1.54, 1.807) is 0 Å². The lowest BCUT2D eigenvalue weighted by Gasteiger charge is -2.09. The van der Waals surface area contributed by atoms with Gasteiger partial charge in [0.05, 0.1) is 26.1 Å². The molecule has 0 aromatic heterocycles. The van der Waals surface area contributed by atoms with Crippen LogP contribution in [-0.4, -0.2) is 25.2 Å². The molecule has 0 rings (SSSR count).